The van der Waals surface area contributed by atoms with Crippen molar-refractivity contribution in [2.45, 2.75) is 341 Å². The molecule has 5 atom stereocenters. The molecule has 0 aliphatic rings. The number of allylic oxidation sites excluding steroid dienone is 22. The number of esters is 4. The predicted molar refractivity (Wildman–Crippen MR) is 427 cm³/mol. The molecule has 17 nitrogen and oxygen atoms in total. The maximum atomic E-state index is 13.1. The molecule has 596 valence electrons. The van der Waals surface area contributed by atoms with Gasteiger partial charge in [0, 0.05) is 25.7 Å². The van der Waals surface area contributed by atoms with E-state index < -0.39 is 97.5 Å². The molecule has 0 spiro atoms. The lowest BCUT2D eigenvalue weighted by Crippen LogP contribution is -2.30. The number of unbranched alkanes of at least 4 members (excludes halogenated alkanes) is 27. The van der Waals surface area contributed by atoms with Crippen molar-refractivity contribution in [2.75, 3.05) is 39.6 Å². The molecule has 0 fully saturated rings. The van der Waals surface area contributed by atoms with Crippen molar-refractivity contribution in [3.05, 3.63) is 134 Å². The first-order valence-corrected chi connectivity index (χ1v) is 43.4. The van der Waals surface area contributed by atoms with E-state index in [9.17, 15) is 43.2 Å². The van der Waals surface area contributed by atoms with E-state index >= 15 is 0 Å². The van der Waals surface area contributed by atoms with Gasteiger partial charge in [-0.3, -0.25) is 37.3 Å². The fraction of sp³-hybridized carbons (Fsp3) is 0.694. The Labute approximate surface area is 631 Å². The maximum absolute atomic E-state index is 13.1. The molecule has 0 aromatic rings. The van der Waals surface area contributed by atoms with Gasteiger partial charge in [-0.05, 0) is 135 Å². The van der Waals surface area contributed by atoms with Crippen LogP contribution in [0.3, 0.4) is 0 Å². The number of rotatable bonds is 75. The van der Waals surface area contributed by atoms with Crippen molar-refractivity contribution >= 4 is 39.5 Å². The quantitative estimate of drug-likeness (QED) is 0.0169. The Kier molecular flexibility index (Phi) is 72.9. The van der Waals surface area contributed by atoms with Gasteiger partial charge in [-0.2, -0.15) is 0 Å². The number of hydrogen-bond acceptors (Lipinski definition) is 15. The van der Waals surface area contributed by atoms with E-state index in [2.05, 4.69) is 149 Å². The lowest BCUT2D eigenvalue weighted by atomic mass is 10.0. The van der Waals surface area contributed by atoms with Crippen LogP contribution in [0.1, 0.15) is 323 Å². The lowest BCUT2D eigenvalue weighted by Gasteiger charge is -2.21. The lowest BCUT2D eigenvalue weighted by molar-refractivity contribution is -0.161. The summed E-state index contributed by atoms with van der Waals surface area (Å²) >= 11 is 0. The van der Waals surface area contributed by atoms with Crippen LogP contribution in [0.25, 0.3) is 0 Å². The number of carbonyl (C=O) groups is 4. The van der Waals surface area contributed by atoms with Gasteiger partial charge in [-0.1, -0.05) is 296 Å². The molecule has 0 amide bonds. The fourth-order valence-electron chi connectivity index (χ4n) is 10.5. The van der Waals surface area contributed by atoms with E-state index in [0.29, 0.717) is 32.1 Å². The molecule has 0 aromatic heterocycles. The number of aliphatic hydroxyl groups is 1. The van der Waals surface area contributed by atoms with E-state index in [1.54, 1.807) is 0 Å². The van der Waals surface area contributed by atoms with Crippen LogP contribution in [0.5, 0.6) is 0 Å². The van der Waals surface area contributed by atoms with Gasteiger partial charge in [-0.15, -0.1) is 0 Å². The Morgan fingerprint density at radius 3 is 0.827 bits per heavy atom. The van der Waals surface area contributed by atoms with Crippen molar-refractivity contribution in [3.63, 3.8) is 0 Å². The highest BCUT2D eigenvalue weighted by molar-refractivity contribution is 7.47. The van der Waals surface area contributed by atoms with Crippen molar-refractivity contribution in [1.29, 1.82) is 0 Å². The van der Waals surface area contributed by atoms with Crippen LogP contribution in [0.2, 0.25) is 0 Å². The number of phosphoric ester groups is 2. The van der Waals surface area contributed by atoms with Crippen LogP contribution in [-0.4, -0.2) is 96.7 Å². The van der Waals surface area contributed by atoms with Gasteiger partial charge in [-0.25, -0.2) is 9.13 Å². The fourth-order valence-corrected chi connectivity index (χ4v) is 12.1. The Hall–Kier alpha value is -4.80. The second-order valence-corrected chi connectivity index (χ2v) is 29.5. The summed E-state index contributed by atoms with van der Waals surface area (Å²) in [5, 5.41) is 10.6. The molecule has 0 bridgehead atoms. The number of carbonyl (C=O) groups excluding carboxylic acids is 4. The zero-order chi connectivity index (χ0) is 76.0. The summed E-state index contributed by atoms with van der Waals surface area (Å²) in [4.78, 5) is 73.0. The number of aliphatic hydroxyl groups excluding tert-OH is 1. The minimum absolute atomic E-state index is 0.0720. The SMILES string of the molecule is CC/C=C\C/C=C\C/C=C\C/C=C\C/C=C\CCCC(=O)OCC(COP(=O)(O)OCC(O)COP(=O)(O)OCC(COC(=O)CCCCCCCC/C=C\C/C=C\C/C=C\C/C=C\CC)OC(=O)CCCCCCC/C=C\C/C=C\CCCCC)OC(=O)CCCCCCCCCCCCCCC. The summed E-state index contributed by atoms with van der Waals surface area (Å²) in [5.41, 5.74) is 0. The number of phosphoric acid groups is 2. The Morgan fingerprint density at radius 2 is 0.510 bits per heavy atom. The summed E-state index contributed by atoms with van der Waals surface area (Å²) in [7, 11) is -9.98. The summed E-state index contributed by atoms with van der Waals surface area (Å²) in [6.07, 6.45) is 85.7. The molecule has 0 aliphatic carbocycles. The van der Waals surface area contributed by atoms with Gasteiger partial charge in [0.25, 0.3) is 0 Å². The van der Waals surface area contributed by atoms with E-state index in [1.807, 2.05) is 12.2 Å². The van der Waals surface area contributed by atoms with E-state index in [-0.39, 0.29) is 25.7 Å². The zero-order valence-electron chi connectivity index (χ0n) is 65.2. The largest absolute Gasteiger partial charge is 0.472 e. The molecular formula is C85H144O17P2. The number of ether oxygens (including phenoxy) is 4. The van der Waals surface area contributed by atoms with Crippen LogP contribution in [0.4, 0.5) is 0 Å². The maximum Gasteiger partial charge on any atom is 0.472 e. The van der Waals surface area contributed by atoms with Crippen LogP contribution in [0.15, 0.2) is 134 Å². The molecule has 0 saturated carbocycles. The molecule has 5 unspecified atom stereocenters. The molecule has 0 heterocycles. The van der Waals surface area contributed by atoms with Crippen molar-refractivity contribution < 1.29 is 80.2 Å². The smallest absolute Gasteiger partial charge is 0.462 e. The summed E-state index contributed by atoms with van der Waals surface area (Å²) in [6, 6.07) is 0. The average molecular weight is 1500 g/mol. The molecule has 0 aliphatic heterocycles. The first kappa shape index (κ1) is 99.2. The van der Waals surface area contributed by atoms with Gasteiger partial charge in [0.05, 0.1) is 26.4 Å². The minimum Gasteiger partial charge on any atom is -0.462 e. The third-order valence-electron chi connectivity index (χ3n) is 16.6. The van der Waals surface area contributed by atoms with Gasteiger partial charge in [0.15, 0.2) is 12.2 Å². The summed E-state index contributed by atoms with van der Waals surface area (Å²) in [5.74, 6) is -2.27. The Bertz CT molecular complexity index is 2490. The molecular weight excluding hydrogens is 1350 g/mol. The zero-order valence-corrected chi connectivity index (χ0v) is 66.9. The first-order chi connectivity index (χ1) is 50.7. The molecule has 104 heavy (non-hydrogen) atoms. The molecule has 0 rings (SSSR count). The third-order valence-corrected chi connectivity index (χ3v) is 18.5. The van der Waals surface area contributed by atoms with E-state index in [0.717, 1.165) is 167 Å². The molecule has 0 aromatic carbocycles. The predicted octanol–water partition coefficient (Wildman–Crippen LogP) is 23.7. The normalized spacial score (nSPS) is 14.6. The molecule has 19 heteroatoms. The van der Waals surface area contributed by atoms with Crippen LogP contribution >= 0.6 is 15.6 Å². The first-order valence-electron chi connectivity index (χ1n) is 40.4. The van der Waals surface area contributed by atoms with E-state index in [4.69, 9.17) is 37.0 Å². The highest BCUT2D eigenvalue weighted by Gasteiger charge is 2.30. The molecule has 0 saturated heterocycles. The van der Waals surface area contributed by atoms with Crippen LogP contribution < -0.4 is 0 Å². The van der Waals surface area contributed by atoms with Crippen molar-refractivity contribution in [1.82, 2.24) is 0 Å². The highest BCUT2D eigenvalue weighted by Crippen LogP contribution is 2.45. The Balaban J connectivity index is 5.41. The highest BCUT2D eigenvalue weighted by atomic mass is 31.2. The monoisotopic (exact) mass is 1500 g/mol. The van der Waals surface area contributed by atoms with Crippen molar-refractivity contribution in [3.8, 4) is 0 Å². The van der Waals surface area contributed by atoms with Crippen LogP contribution in [-0.2, 0) is 65.4 Å². The minimum atomic E-state index is -4.99. The van der Waals surface area contributed by atoms with E-state index in [1.165, 1.54) is 70.6 Å². The molecule has 3 N–H and O–H groups in total. The van der Waals surface area contributed by atoms with Gasteiger partial charge >= 0.3 is 39.5 Å². The standard InChI is InChI=1S/C85H144O17P2/c1-5-9-13-17-21-25-29-33-36-38-39-41-44-47-50-54-58-62-66-70-83(88)96-76-81(102-85(90)72-68-64-60-56-52-48-42-35-31-27-23-19-15-11-7-3)78-100-104(93,94)98-74-79(86)73-97-103(91,92)99-77-80(101-84(89)71-67-63-59-55-51-45-32-28-24-20-16-12-8-4)75-95-82(87)69-65-61-57-53-49-46-43-40-37-34-30-26-22-18-14-10-6-2/h9-10,13-14,21-23,25-27,33-37,39,41-43,46,53,57,79-81,86H,5-8,11-12,15-20,24,28-32,38,40,44-45,47-52,54-56,58-78H2,1-4H3,(H,91,92)(H,93,94)/b13-9-,14-10-,25-21-,26-22-,27-23-,36-33-,37-34-,41-39-,42-35-,46-43-,57-53-. The average Bonchev–Trinajstić information content (AvgIpc) is 0.918. The van der Waals surface area contributed by atoms with Gasteiger partial charge in [0.2, 0.25) is 0 Å². The summed E-state index contributed by atoms with van der Waals surface area (Å²) in [6.45, 7) is 4.55. The van der Waals surface area contributed by atoms with Crippen LogP contribution in [0, 0.1) is 0 Å². The Morgan fingerprint density at radius 1 is 0.279 bits per heavy atom. The topological polar surface area (TPSA) is 237 Å². The third kappa shape index (κ3) is 75.4. The van der Waals surface area contributed by atoms with Gasteiger partial charge < -0.3 is 33.8 Å². The second kappa shape index (κ2) is 76.4. The summed E-state index contributed by atoms with van der Waals surface area (Å²) < 4.78 is 68.6. The van der Waals surface area contributed by atoms with Crippen molar-refractivity contribution in [2.24, 2.45) is 0 Å². The molecule has 0 radical (unpaired) electrons. The van der Waals surface area contributed by atoms with Gasteiger partial charge in [0.1, 0.15) is 19.3 Å². The second-order valence-electron chi connectivity index (χ2n) is 26.6. The number of hydrogen-bond donors (Lipinski definition) is 3.